The Morgan fingerprint density at radius 3 is 2.58 bits per heavy atom. The number of aryl methyl sites for hydroxylation is 1. The molecule has 1 unspecified atom stereocenters. The van der Waals surface area contributed by atoms with Gasteiger partial charge in [0.15, 0.2) is 0 Å². The van der Waals surface area contributed by atoms with Crippen LogP contribution in [0.15, 0.2) is 67.0 Å². The highest BCUT2D eigenvalue weighted by molar-refractivity contribution is 5.82. The van der Waals surface area contributed by atoms with Gasteiger partial charge in [-0.1, -0.05) is 30.3 Å². The van der Waals surface area contributed by atoms with Crippen molar-refractivity contribution < 1.29 is 5.11 Å². The minimum atomic E-state index is -0.770. The molecule has 3 aromatic heterocycles. The monoisotopic (exact) mass is 344 g/mol. The fourth-order valence-corrected chi connectivity index (χ4v) is 3.16. The van der Waals surface area contributed by atoms with Crippen LogP contribution < -0.4 is 5.32 Å². The van der Waals surface area contributed by atoms with E-state index in [0.29, 0.717) is 5.69 Å². The van der Waals surface area contributed by atoms with Gasteiger partial charge in [-0.05, 0) is 49.4 Å². The standard InChI is InChI=1S/C21H20N4O/c1-14-6-5-9-18(24-14)17-8-4-3-7-16(17)15-10-11-20-23-12-19(21(26)22-2)25(20)13-15/h3-13,21-22,26H,1-2H3. The summed E-state index contributed by atoms with van der Waals surface area (Å²) in [6, 6.07) is 18.3. The van der Waals surface area contributed by atoms with Crippen molar-refractivity contribution in [1.82, 2.24) is 19.7 Å². The van der Waals surface area contributed by atoms with E-state index in [2.05, 4.69) is 27.4 Å². The summed E-state index contributed by atoms with van der Waals surface area (Å²) in [4.78, 5) is 9.04. The van der Waals surface area contributed by atoms with Gasteiger partial charge in [-0.3, -0.25) is 14.7 Å². The molecular weight excluding hydrogens is 324 g/mol. The van der Waals surface area contributed by atoms with Gasteiger partial charge in [0.2, 0.25) is 0 Å². The highest BCUT2D eigenvalue weighted by atomic mass is 16.3. The minimum Gasteiger partial charge on any atom is -0.373 e. The number of imidazole rings is 1. The Kier molecular flexibility index (Phi) is 4.24. The number of aliphatic hydroxyl groups is 1. The summed E-state index contributed by atoms with van der Waals surface area (Å²) in [5.74, 6) is 0. The number of nitrogens with zero attached hydrogens (tertiary/aromatic N) is 3. The molecule has 0 amide bonds. The van der Waals surface area contributed by atoms with Crippen LogP contribution in [0.5, 0.6) is 0 Å². The first-order chi connectivity index (χ1) is 12.7. The first-order valence-corrected chi connectivity index (χ1v) is 8.53. The highest BCUT2D eigenvalue weighted by Crippen LogP contribution is 2.31. The van der Waals surface area contributed by atoms with Crippen LogP contribution in [0.1, 0.15) is 17.6 Å². The largest absolute Gasteiger partial charge is 0.373 e. The Bertz CT molecular complexity index is 1070. The molecule has 0 aliphatic heterocycles. The van der Waals surface area contributed by atoms with Crippen molar-refractivity contribution in [2.45, 2.75) is 13.2 Å². The number of nitrogens with one attached hydrogen (secondary N) is 1. The molecule has 4 rings (SSSR count). The van der Waals surface area contributed by atoms with E-state index in [-0.39, 0.29) is 0 Å². The molecule has 130 valence electrons. The molecule has 0 spiro atoms. The molecule has 0 aliphatic carbocycles. The molecule has 0 bridgehead atoms. The number of benzene rings is 1. The summed E-state index contributed by atoms with van der Waals surface area (Å²) in [7, 11) is 1.71. The average molecular weight is 344 g/mol. The van der Waals surface area contributed by atoms with Crippen LogP contribution in [0.2, 0.25) is 0 Å². The second kappa shape index (κ2) is 6.71. The number of aromatic nitrogens is 3. The summed E-state index contributed by atoms with van der Waals surface area (Å²) in [5.41, 5.74) is 6.64. The maximum atomic E-state index is 10.2. The van der Waals surface area contributed by atoms with Gasteiger partial charge in [-0.15, -0.1) is 0 Å². The fourth-order valence-electron chi connectivity index (χ4n) is 3.16. The smallest absolute Gasteiger partial charge is 0.147 e. The quantitative estimate of drug-likeness (QED) is 0.556. The minimum absolute atomic E-state index is 0.704. The number of aliphatic hydroxyl groups excluding tert-OH is 1. The van der Waals surface area contributed by atoms with Gasteiger partial charge in [0, 0.05) is 17.5 Å². The van der Waals surface area contributed by atoms with Crippen molar-refractivity contribution in [3.8, 4) is 22.4 Å². The molecule has 4 aromatic rings. The normalized spacial score (nSPS) is 12.4. The van der Waals surface area contributed by atoms with Crippen molar-refractivity contribution in [3.05, 3.63) is 78.4 Å². The Morgan fingerprint density at radius 2 is 1.81 bits per heavy atom. The van der Waals surface area contributed by atoms with Crippen molar-refractivity contribution in [2.24, 2.45) is 0 Å². The van der Waals surface area contributed by atoms with Crippen molar-refractivity contribution in [1.29, 1.82) is 0 Å². The van der Waals surface area contributed by atoms with Crippen LogP contribution >= 0.6 is 0 Å². The van der Waals surface area contributed by atoms with E-state index >= 15 is 0 Å². The Morgan fingerprint density at radius 1 is 1.00 bits per heavy atom. The van der Waals surface area contributed by atoms with E-state index in [1.807, 2.05) is 60.0 Å². The molecule has 0 saturated heterocycles. The molecule has 0 radical (unpaired) electrons. The molecule has 1 aromatic carbocycles. The first kappa shape index (κ1) is 16.4. The van der Waals surface area contributed by atoms with Gasteiger partial charge in [-0.25, -0.2) is 4.98 Å². The summed E-state index contributed by atoms with van der Waals surface area (Å²) in [6.45, 7) is 2.00. The van der Waals surface area contributed by atoms with Crippen LogP contribution in [0.3, 0.4) is 0 Å². The van der Waals surface area contributed by atoms with Crippen molar-refractivity contribution in [3.63, 3.8) is 0 Å². The lowest BCUT2D eigenvalue weighted by molar-refractivity contribution is 0.143. The zero-order chi connectivity index (χ0) is 18.1. The van der Waals surface area contributed by atoms with E-state index in [1.54, 1.807) is 13.2 Å². The number of rotatable bonds is 4. The van der Waals surface area contributed by atoms with Crippen LogP contribution in [0.4, 0.5) is 0 Å². The third-order valence-corrected chi connectivity index (χ3v) is 4.49. The third-order valence-electron chi connectivity index (χ3n) is 4.49. The van der Waals surface area contributed by atoms with Crippen LogP contribution in [-0.4, -0.2) is 26.5 Å². The molecule has 5 heteroatoms. The second-order valence-electron chi connectivity index (χ2n) is 6.23. The third kappa shape index (κ3) is 2.87. The van der Waals surface area contributed by atoms with Gasteiger partial charge in [-0.2, -0.15) is 0 Å². The lowest BCUT2D eigenvalue weighted by Gasteiger charge is -2.12. The topological polar surface area (TPSA) is 62.5 Å². The van der Waals surface area contributed by atoms with Gasteiger partial charge in [0.1, 0.15) is 11.9 Å². The Labute approximate surface area is 152 Å². The number of pyridine rings is 2. The van der Waals surface area contributed by atoms with E-state index in [1.165, 1.54) is 0 Å². The lowest BCUT2D eigenvalue weighted by atomic mass is 9.98. The molecule has 5 nitrogen and oxygen atoms in total. The van der Waals surface area contributed by atoms with Crippen LogP contribution in [0.25, 0.3) is 28.0 Å². The summed E-state index contributed by atoms with van der Waals surface area (Å²) >= 11 is 0. The van der Waals surface area contributed by atoms with Crippen LogP contribution in [0, 0.1) is 6.92 Å². The van der Waals surface area contributed by atoms with Crippen molar-refractivity contribution >= 4 is 5.65 Å². The highest BCUT2D eigenvalue weighted by Gasteiger charge is 2.13. The zero-order valence-corrected chi connectivity index (χ0v) is 14.7. The maximum absolute atomic E-state index is 10.2. The molecule has 2 N–H and O–H groups in total. The van der Waals surface area contributed by atoms with E-state index < -0.39 is 6.23 Å². The Hall–Kier alpha value is -3.02. The molecule has 0 aliphatic rings. The van der Waals surface area contributed by atoms with Gasteiger partial charge < -0.3 is 5.11 Å². The fraction of sp³-hybridized carbons (Fsp3) is 0.143. The summed E-state index contributed by atoms with van der Waals surface area (Å²) < 4.78 is 1.91. The number of fused-ring (bicyclic) bond motifs is 1. The SMILES string of the molecule is CNC(O)c1cnc2ccc(-c3ccccc3-c3cccc(C)n3)cn12. The predicted molar refractivity (Wildman–Crippen MR) is 103 cm³/mol. The predicted octanol–water partition coefficient (Wildman–Crippen LogP) is 3.58. The summed E-state index contributed by atoms with van der Waals surface area (Å²) in [6.07, 6.45) is 2.93. The number of hydrogen-bond acceptors (Lipinski definition) is 4. The van der Waals surface area contributed by atoms with Crippen molar-refractivity contribution in [2.75, 3.05) is 7.05 Å². The van der Waals surface area contributed by atoms with Gasteiger partial charge in [0.25, 0.3) is 0 Å². The molecule has 26 heavy (non-hydrogen) atoms. The molecule has 0 saturated carbocycles. The number of hydrogen-bond donors (Lipinski definition) is 2. The molecule has 0 fully saturated rings. The Balaban J connectivity index is 1.88. The van der Waals surface area contributed by atoms with E-state index in [0.717, 1.165) is 33.7 Å². The van der Waals surface area contributed by atoms with Gasteiger partial charge >= 0.3 is 0 Å². The second-order valence-corrected chi connectivity index (χ2v) is 6.23. The maximum Gasteiger partial charge on any atom is 0.147 e. The molecular formula is C21H20N4O. The first-order valence-electron chi connectivity index (χ1n) is 8.53. The van der Waals surface area contributed by atoms with E-state index in [4.69, 9.17) is 0 Å². The molecule has 3 heterocycles. The van der Waals surface area contributed by atoms with Crippen LogP contribution in [-0.2, 0) is 0 Å². The lowest BCUT2D eigenvalue weighted by Crippen LogP contribution is -2.17. The van der Waals surface area contributed by atoms with Gasteiger partial charge in [0.05, 0.1) is 17.6 Å². The molecule has 1 atom stereocenters. The summed E-state index contributed by atoms with van der Waals surface area (Å²) in [5, 5.41) is 13.0. The zero-order valence-electron chi connectivity index (χ0n) is 14.7. The average Bonchev–Trinajstić information content (AvgIpc) is 3.10. The van der Waals surface area contributed by atoms with E-state index in [9.17, 15) is 5.11 Å².